The first-order chi connectivity index (χ1) is 6.40. The van der Waals surface area contributed by atoms with Crippen molar-refractivity contribution in [2.24, 2.45) is 5.73 Å². The topological polar surface area (TPSA) is 64.9 Å². The number of nitrogens with two attached hydrogens (primary N) is 2. The average molecular weight is 205 g/mol. The van der Waals surface area contributed by atoms with Crippen molar-refractivity contribution in [1.82, 2.24) is 4.98 Å². The predicted molar refractivity (Wildman–Crippen MR) is 46.2 cm³/mol. The van der Waals surface area contributed by atoms with E-state index in [1.165, 1.54) is 18.3 Å². The van der Waals surface area contributed by atoms with Crippen LogP contribution in [0.15, 0.2) is 18.3 Å². The number of aromatic nitrogens is 1. The molecular weight excluding hydrogens is 195 g/mol. The Morgan fingerprint density at radius 1 is 1.43 bits per heavy atom. The summed E-state index contributed by atoms with van der Waals surface area (Å²) in [4.78, 5) is 3.66. The Labute approximate surface area is 78.9 Å². The lowest BCUT2D eigenvalue weighted by Gasteiger charge is -2.15. The van der Waals surface area contributed by atoms with Crippen LogP contribution < -0.4 is 11.5 Å². The second-order valence-electron chi connectivity index (χ2n) is 2.90. The molecule has 4 N–H and O–H groups in total. The molecule has 0 aliphatic rings. The third-order valence-corrected chi connectivity index (χ3v) is 1.72. The summed E-state index contributed by atoms with van der Waals surface area (Å²) in [5.41, 5.74) is 11.0. The molecule has 3 nitrogen and oxygen atoms in total. The molecule has 1 heterocycles. The zero-order valence-corrected chi connectivity index (χ0v) is 7.25. The van der Waals surface area contributed by atoms with Crippen LogP contribution >= 0.6 is 0 Å². The summed E-state index contributed by atoms with van der Waals surface area (Å²) in [5, 5.41) is 0. The highest BCUT2D eigenvalue weighted by Gasteiger charge is 2.31. The standard InChI is InChI=1S/C8H10F3N3/c9-8(10,11)4-6(12)5-2-1-3-14-7(5)13/h1-3,6H,4,12H2,(H2,13,14). The van der Waals surface area contributed by atoms with Crippen molar-refractivity contribution in [1.29, 1.82) is 0 Å². The number of rotatable bonds is 2. The largest absolute Gasteiger partial charge is 0.390 e. The number of hydrogen-bond acceptors (Lipinski definition) is 3. The van der Waals surface area contributed by atoms with Crippen molar-refractivity contribution in [2.45, 2.75) is 18.6 Å². The van der Waals surface area contributed by atoms with Crippen LogP contribution in [0.1, 0.15) is 18.0 Å². The van der Waals surface area contributed by atoms with Gasteiger partial charge in [-0.05, 0) is 6.07 Å². The molecule has 0 radical (unpaired) electrons. The molecule has 1 aromatic rings. The first-order valence-corrected chi connectivity index (χ1v) is 3.93. The fraction of sp³-hybridized carbons (Fsp3) is 0.375. The molecule has 1 atom stereocenters. The van der Waals surface area contributed by atoms with Crippen molar-refractivity contribution in [3.8, 4) is 0 Å². The van der Waals surface area contributed by atoms with E-state index < -0.39 is 18.6 Å². The van der Waals surface area contributed by atoms with E-state index >= 15 is 0 Å². The van der Waals surface area contributed by atoms with E-state index in [1.807, 2.05) is 0 Å². The van der Waals surface area contributed by atoms with Gasteiger partial charge in [-0.1, -0.05) is 6.07 Å². The smallest absolute Gasteiger partial charge is 0.383 e. The van der Waals surface area contributed by atoms with Gasteiger partial charge in [0.25, 0.3) is 0 Å². The Balaban J connectivity index is 2.80. The summed E-state index contributed by atoms with van der Waals surface area (Å²) >= 11 is 0. The Bertz CT molecular complexity index is 311. The maximum atomic E-state index is 12.0. The first kappa shape index (κ1) is 10.8. The van der Waals surface area contributed by atoms with Gasteiger partial charge in [0.2, 0.25) is 0 Å². The highest BCUT2D eigenvalue weighted by atomic mass is 19.4. The van der Waals surface area contributed by atoms with E-state index in [-0.39, 0.29) is 11.4 Å². The molecule has 1 rings (SSSR count). The third-order valence-electron chi connectivity index (χ3n) is 1.72. The van der Waals surface area contributed by atoms with Gasteiger partial charge in [0.1, 0.15) is 5.82 Å². The number of anilines is 1. The second-order valence-corrected chi connectivity index (χ2v) is 2.90. The molecule has 6 heteroatoms. The van der Waals surface area contributed by atoms with Gasteiger partial charge in [0.15, 0.2) is 0 Å². The third kappa shape index (κ3) is 2.88. The SMILES string of the molecule is Nc1ncccc1C(N)CC(F)(F)F. The van der Waals surface area contributed by atoms with Crippen LogP contribution in [-0.2, 0) is 0 Å². The first-order valence-electron chi connectivity index (χ1n) is 3.93. The normalized spacial score (nSPS) is 14.0. The Morgan fingerprint density at radius 2 is 2.07 bits per heavy atom. The molecule has 0 spiro atoms. The highest BCUT2D eigenvalue weighted by molar-refractivity contribution is 5.40. The lowest BCUT2D eigenvalue weighted by atomic mass is 10.1. The minimum absolute atomic E-state index is 0.0456. The van der Waals surface area contributed by atoms with Crippen molar-refractivity contribution >= 4 is 5.82 Å². The maximum Gasteiger partial charge on any atom is 0.390 e. The summed E-state index contributed by atoms with van der Waals surface area (Å²) in [5.74, 6) is 0.0456. The van der Waals surface area contributed by atoms with Crippen LogP contribution in [0.2, 0.25) is 0 Å². The lowest BCUT2D eigenvalue weighted by Crippen LogP contribution is -2.21. The van der Waals surface area contributed by atoms with E-state index in [4.69, 9.17) is 11.5 Å². The van der Waals surface area contributed by atoms with Crippen molar-refractivity contribution in [3.63, 3.8) is 0 Å². The highest BCUT2D eigenvalue weighted by Crippen LogP contribution is 2.29. The van der Waals surface area contributed by atoms with Gasteiger partial charge in [0.05, 0.1) is 6.42 Å². The Hall–Kier alpha value is -1.30. The summed E-state index contributed by atoms with van der Waals surface area (Å²) in [7, 11) is 0. The van der Waals surface area contributed by atoms with Gasteiger partial charge < -0.3 is 11.5 Å². The molecule has 0 aliphatic carbocycles. The molecule has 0 fully saturated rings. The van der Waals surface area contributed by atoms with Gasteiger partial charge in [-0.3, -0.25) is 0 Å². The number of nitrogens with zero attached hydrogens (tertiary/aromatic N) is 1. The van der Waals surface area contributed by atoms with Crippen LogP contribution in [0.5, 0.6) is 0 Å². The van der Waals surface area contributed by atoms with Gasteiger partial charge in [-0.2, -0.15) is 13.2 Å². The van der Waals surface area contributed by atoms with Crippen LogP contribution in [-0.4, -0.2) is 11.2 Å². The number of hydrogen-bond donors (Lipinski definition) is 2. The molecule has 0 aromatic carbocycles. The van der Waals surface area contributed by atoms with E-state index in [1.54, 1.807) is 0 Å². The molecule has 0 saturated carbocycles. The van der Waals surface area contributed by atoms with Gasteiger partial charge in [0, 0.05) is 17.8 Å². The van der Waals surface area contributed by atoms with E-state index in [9.17, 15) is 13.2 Å². The summed E-state index contributed by atoms with van der Waals surface area (Å²) in [6.07, 6.45) is -3.98. The second kappa shape index (κ2) is 3.83. The van der Waals surface area contributed by atoms with E-state index in [0.717, 1.165) is 0 Å². The maximum absolute atomic E-state index is 12.0. The lowest BCUT2D eigenvalue weighted by molar-refractivity contribution is -0.138. The molecule has 78 valence electrons. The quantitative estimate of drug-likeness (QED) is 0.770. The van der Waals surface area contributed by atoms with Crippen LogP contribution in [0, 0.1) is 0 Å². The number of pyridine rings is 1. The molecule has 0 bridgehead atoms. The monoisotopic (exact) mass is 205 g/mol. The summed E-state index contributed by atoms with van der Waals surface area (Å²) in [6, 6.07) is 1.80. The minimum atomic E-state index is -4.29. The minimum Gasteiger partial charge on any atom is -0.383 e. The zero-order valence-electron chi connectivity index (χ0n) is 7.25. The number of halogens is 3. The van der Waals surface area contributed by atoms with E-state index in [2.05, 4.69) is 4.98 Å². The van der Waals surface area contributed by atoms with Gasteiger partial charge in [-0.15, -0.1) is 0 Å². The van der Waals surface area contributed by atoms with E-state index in [0.29, 0.717) is 0 Å². The Kier molecular flexibility index (Phi) is 2.95. The Morgan fingerprint density at radius 3 is 2.57 bits per heavy atom. The van der Waals surface area contributed by atoms with Crippen molar-refractivity contribution in [3.05, 3.63) is 23.9 Å². The number of alkyl halides is 3. The van der Waals surface area contributed by atoms with Gasteiger partial charge in [-0.25, -0.2) is 4.98 Å². The predicted octanol–water partition coefficient (Wildman–Crippen LogP) is 1.62. The van der Waals surface area contributed by atoms with Gasteiger partial charge >= 0.3 is 6.18 Å². The fourth-order valence-electron chi connectivity index (χ4n) is 1.10. The molecule has 0 saturated heterocycles. The average Bonchev–Trinajstić information content (AvgIpc) is 2.01. The molecule has 1 aromatic heterocycles. The zero-order chi connectivity index (χ0) is 10.8. The van der Waals surface area contributed by atoms with Crippen molar-refractivity contribution < 1.29 is 13.2 Å². The molecule has 1 unspecified atom stereocenters. The van der Waals surface area contributed by atoms with Crippen LogP contribution in [0.25, 0.3) is 0 Å². The molecule has 0 aliphatic heterocycles. The van der Waals surface area contributed by atoms with Crippen molar-refractivity contribution in [2.75, 3.05) is 5.73 Å². The van der Waals surface area contributed by atoms with Crippen LogP contribution in [0.4, 0.5) is 19.0 Å². The molecule has 14 heavy (non-hydrogen) atoms. The molecule has 0 amide bonds. The molecular formula is C8H10F3N3. The number of nitrogen functional groups attached to an aromatic ring is 1. The fourth-order valence-corrected chi connectivity index (χ4v) is 1.10. The summed E-state index contributed by atoms with van der Waals surface area (Å²) in [6.45, 7) is 0. The van der Waals surface area contributed by atoms with Crippen LogP contribution in [0.3, 0.4) is 0 Å². The summed E-state index contributed by atoms with van der Waals surface area (Å²) < 4.78 is 35.9.